The van der Waals surface area contributed by atoms with Crippen LogP contribution in [0.4, 0.5) is 0 Å². The largest absolute Gasteiger partial charge is 0.493 e. The number of hydrogen-bond donors (Lipinski definition) is 0. The third-order valence-corrected chi connectivity index (χ3v) is 4.67. The summed E-state index contributed by atoms with van der Waals surface area (Å²) in [6.07, 6.45) is 0. The number of para-hydroxylation sites is 2. The average molecular weight is 290 g/mol. The standard InChI is InChI=1S/C16H19O3P/c1-3-18-13-9-5-7-11-15(13)20(17)16-12-8-6-10-14(16)19-4-2/h5-12,20H,3-4H2,1-2H3. The number of hydrogen-bond acceptors (Lipinski definition) is 3. The van der Waals surface area contributed by atoms with Gasteiger partial charge in [-0.05, 0) is 38.1 Å². The first kappa shape index (κ1) is 14.7. The Labute approximate surface area is 120 Å². The minimum Gasteiger partial charge on any atom is -0.493 e. The fourth-order valence-corrected chi connectivity index (χ4v) is 3.56. The average Bonchev–Trinajstić information content (AvgIpc) is 2.48. The summed E-state index contributed by atoms with van der Waals surface area (Å²) in [7, 11) is -2.15. The van der Waals surface area contributed by atoms with Crippen molar-refractivity contribution in [2.75, 3.05) is 13.2 Å². The van der Waals surface area contributed by atoms with Crippen LogP contribution < -0.4 is 20.1 Å². The molecule has 2 rings (SSSR count). The Morgan fingerprint density at radius 1 is 0.800 bits per heavy atom. The monoisotopic (exact) mass is 290 g/mol. The number of benzene rings is 2. The SMILES string of the molecule is CCOc1ccccc1[PH](=O)c1ccccc1OCC. The highest BCUT2D eigenvalue weighted by molar-refractivity contribution is 7.62. The molecule has 0 saturated heterocycles. The van der Waals surface area contributed by atoms with Crippen molar-refractivity contribution in [3.63, 3.8) is 0 Å². The normalized spacial score (nSPS) is 10.6. The highest BCUT2D eigenvalue weighted by atomic mass is 31.1. The quantitative estimate of drug-likeness (QED) is 0.767. The van der Waals surface area contributed by atoms with Crippen LogP contribution in [0.2, 0.25) is 0 Å². The molecule has 0 radical (unpaired) electrons. The lowest BCUT2D eigenvalue weighted by Gasteiger charge is -2.13. The molecule has 0 unspecified atom stereocenters. The van der Waals surface area contributed by atoms with Crippen LogP contribution in [0.25, 0.3) is 0 Å². The van der Waals surface area contributed by atoms with E-state index in [1.54, 1.807) is 0 Å². The van der Waals surface area contributed by atoms with E-state index in [1.165, 1.54) is 0 Å². The zero-order valence-electron chi connectivity index (χ0n) is 11.8. The summed E-state index contributed by atoms with van der Waals surface area (Å²) >= 11 is 0. The van der Waals surface area contributed by atoms with Crippen LogP contribution in [0, 0.1) is 0 Å². The molecule has 0 aromatic heterocycles. The fourth-order valence-electron chi connectivity index (χ4n) is 2.02. The maximum atomic E-state index is 12.9. The van der Waals surface area contributed by atoms with Crippen molar-refractivity contribution in [2.45, 2.75) is 13.8 Å². The Morgan fingerprint density at radius 3 is 1.60 bits per heavy atom. The van der Waals surface area contributed by atoms with Gasteiger partial charge in [0.05, 0.1) is 23.8 Å². The van der Waals surface area contributed by atoms with Crippen LogP contribution >= 0.6 is 7.80 Å². The summed E-state index contributed by atoms with van der Waals surface area (Å²) in [5.74, 6) is 1.37. The van der Waals surface area contributed by atoms with Crippen molar-refractivity contribution < 1.29 is 14.0 Å². The maximum Gasteiger partial charge on any atom is 0.139 e. The molecular weight excluding hydrogens is 271 g/mol. The van der Waals surface area contributed by atoms with Crippen LogP contribution in [0.5, 0.6) is 11.5 Å². The van der Waals surface area contributed by atoms with E-state index in [4.69, 9.17) is 9.47 Å². The molecule has 106 valence electrons. The van der Waals surface area contributed by atoms with Gasteiger partial charge in [-0.2, -0.15) is 0 Å². The molecular formula is C16H19O3P. The number of rotatable bonds is 6. The van der Waals surface area contributed by atoms with E-state index in [1.807, 2.05) is 62.4 Å². The smallest absolute Gasteiger partial charge is 0.139 e. The van der Waals surface area contributed by atoms with E-state index in [0.29, 0.717) is 24.7 Å². The van der Waals surface area contributed by atoms with Gasteiger partial charge >= 0.3 is 0 Å². The molecule has 0 heterocycles. The Hall–Kier alpha value is -1.73. The van der Waals surface area contributed by atoms with Crippen LogP contribution in [-0.2, 0) is 4.57 Å². The minimum atomic E-state index is -2.15. The van der Waals surface area contributed by atoms with Gasteiger partial charge in [0.25, 0.3) is 0 Å². The van der Waals surface area contributed by atoms with E-state index in [-0.39, 0.29) is 0 Å². The molecule has 0 amide bonds. The predicted octanol–water partition coefficient (Wildman–Crippen LogP) is 2.99. The van der Waals surface area contributed by atoms with Crippen molar-refractivity contribution in [3.8, 4) is 11.5 Å². The molecule has 4 heteroatoms. The van der Waals surface area contributed by atoms with Gasteiger partial charge in [0.2, 0.25) is 0 Å². The van der Waals surface area contributed by atoms with E-state index in [0.717, 1.165) is 10.6 Å². The fraction of sp³-hybridized carbons (Fsp3) is 0.250. The van der Waals surface area contributed by atoms with E-state index in [2.05, 4.69) is 0 Å². The second kappa shape index (κ2) is 7.16. The van der Waals surface area contributed by atoms with Gasteiger partial charge in [-0.25, -0.2) is 0 Å². The summed E-state index contributed by atoms with van der Waals surface area (Å²) in [4.78, 5) is 0. The summed E-state index contributed by atoms with van der Waals surface area (Å²) < 4.78 is 24.0. The molecule has 2 aromatic carbocycles. The highest BCUT2D eigenvalue weighted by Crippen LogP contribution is 2.29. The molecule has 0 aliphatic rings. The molecule has 0 fully saturated rings. The molecule has 0 aliphatic heterocycles. The van der Waals surface area contributed by atoms with Gasteiger partial charge in [-0.3, -0.25) is 0 Å². The molecule has 3 nitrogen and oxygen atoms in total. The predicted molar refractivity (Wildman–Crippen MR) is 83.5 cm³/mol. The molecule has 0 bridgehead atoms. The van der Waals surface area contributed by atoms with Crippen molar-refractivity contribution in [2.24, 2.45) is 0 Å². The molecule has 0 N–H and O–H groups in total. The Bertz CT molecular complexity index is 544. The zero-order chi connectivity index (χ0) is 14.4. The topological polar surface area (TPSA) is 35.5 Å². The Morgan fingerprint density at radius 2 is 1.20 bits per heavy atom. The molecule has 0 atom stereocenters. The van der Waals surface area contributed by atoms with Gasteiger partial charge in [-0.1, -0.05) is 24.3 Å². The van der Waals surface area contributed by atoms with Crippen molar-refractivity contribution >= 4 is 18.4 Å². The highest BCUT2D eigenvalue weighted by Gasteiger charge is 2.16. The lowest BCUT2D eigenvalue weighted by Crippen LogP contribution is -2.13. The van der Waals surface area contributed by atoms with E-state index in [9.17, 15) is 4.57 Å². The summed E-state index contributed by atoms with van der Waals surface area (Å²) in [5, 5.41) is 1.48. The van der Waals surface area contributed by atoms with Gasteiger partial charge < -0.3 is 14.0 Å². The van der Waals surface area contributed by atoms with Crippen molar-refractivity contribution in [3.05, 3.63) is 48.5 Å². The Kier molecular flexibility index (Phi) is 5.25. The van der Waals surface area contributed by atoms with Gasteiger partial charge in [0.15, 0.2) is 0 Å². The van der Waals surface area contributed by atoms with Gasteiger partial charge in [0, 0.05) is 0 Å². The second-order valence-corrected chi connectivity index (χ2v) is 5.92. The molecule has 2 aromatic rings. The molecule has 0 spiro atoms. The van der Waals surface area contributed by atoms with Crippen LogP contribution in [0.15, 0.2) is 48.5 Å². The maximum absolute atomic E-state index is 12.9. The van der Waals surface area contributed by atoms with Gasteiger partial charge in [-0.15, -0.1) is 0 Å². The van der Waals surface area contributed by atoms with Crippen molar-refractivity contribution in [1.29, 1.82) is 0 Å². The van der Waals surface area contributed by atoms with Crippen molar-refractivity contribution in [1.82, 2.24) is 0 Å². The lowest BCUT2D eigenvalue weighted by molar-refractivity contribution is 0.342. The lowest BCUT2D eigenvalue weighted by atomic mass is 10.3. The van der Waals surface area contributed by atoms with Crippen LogP contribution in [-0.4, -0.2) is 13.2 Å². The molecule has 0 saturated carbocycles. The second-order valence-electron chi connectivity index (χ2n) is 4.19. The zero-order valence-corrected chi connectivity index (χ0v) is 12.8. The number of ether oxygens (including phenoxy) is 2. The van der Waals surface area contributed by atoms with Gasteiger partial charge in [0.1, 0.15) is 19.3 Å². The third kappa shape index (κ3) is 3.23. The Balaban J connectivity index is 2.41. The first-order valence-electron chi connectivity index (χ1n) is 6.76. The third-order valence-electron chi connectivity index (χ3n) is 2.86. The van der Waals surface area contributed by atoms with E-state index >= 15 is 0 Å². The first-order valence-corrected chi connectivity index (χ1v) is 8.17. The van der Waals surface area contributed by atoms with E-state index < -0.39 is 7.80 Å². The summed E-state index contributed by atoms with van der Waals surface area (Å²) in [6.45, 7) is 4.95. The molecule has 0 aliphatic carbocycles. The minimum absolute atomic E-state index is 0.555. The van der Waals surface area contributed by atoms with Crippen LogP contribution in [0.3, 0.4) is 0 Å². The first-order chi connectivity index (χ1) is 9.77. The summed E-state index contributed by atoms with van der Waals surface area (Å²) in [6, 6.07) is 14.9. The summed E-state index contributed by atoms with van der Waals surface area (Å²) in [5.41, 5.74) is 0. The molecule has 20 heavy (non-hydrogen) atoms. The van der Waals surface area contributed by atoms with Crippen LogP contribution in [0.1, 0.15) is 13.8 Å².